The van der Waals surface area contributed by atoms with Crippen molar-refractivity contribution in [2.24, 2.45) is 0 Å². The molecule has 1 spiro atoms. The van der Waals surface area contributed by atoms with E-state index in [4.69, 9.17) is 4.74 Å². The predicted octanol–water partition coefficient (Wildman–Crippen LogP) is 1.90. The summed E-state index contributed by atoms with van der Waals surface area (Å²) in [6, 6.07) is 9.79. The summed E-state index contributed by atoms with van der Waals surface area (Å²) in [5.74, 6) is 0.244. The molecule has 2 amide bonds. The lowest BCUT2D eigenvalue weighted by Gasteiger charge is -2.47. The molecule has 0 aromatic heterocycles. The highest BCUT2D eigenvalue weighted by atomic mass is 16.5. The molecule has 6 nitrogen and oxygen atoms in total. The molecule has 146 valence electrons. The van der Waals surface area contributed by atoms with Crippen molar-refractivity contribution in [3.05, 3.63) is 30.3 Å². The number of para-hydroxylation sites is 1. The molecular formula is C21H29N3O3. The minimum Gasteiger partial charge on any atom is -0.363 e. The first-order valence-electron chi connectivity index (χ1n) is 10.1. The van der Waals surface area contributed by atoms with Gasteiger partial charge in [0.1, 0.15) is 6.61 Å². The Hall–Kier alpha value is -1.92. The monoisotopic (exact) mass is 371 g/mol. The highest BCUT2D eigenvalue weighted by Crippen LogP contribution is 2.32. The van der Waals surface area contributed by atoms with E-state index >= 15 is 0 Å². The van der Waals surface area contributed by atoms with Gasteiger partial charge < -0.3 is 14.5 Å². The summed E-state index contributed by atoms with van der Waals surface area (Å²) in [5, 5.41) is 0. The maximum Gasteiger partial charge on any atom is 0.253 e. The van der Waals surface area contributed by atoms with Crippen LogP contribution < -0.4 is 4.90 Å². The minimum absolute atomic E-state index is 0.00966. The van der Waals surface area contributed by atoms with E-state index in [1.807, 2.05) is 40.1 Å². The molecule has 0 atom stereocenters. The van der Waals surface area contributed by atoms with Crippen molar-refractivity contribution in [2.45, 2.75) is 37.7 Å². The van der Waals surface area contributed by atoms with Crippen LogP contribution in [-0.4, -0.2) is 73.1 Å². The van der Waals surface area contributed by atoms with Gasteiger partial charge in [0.2, 0.25) is 5.91 Å². The highest BCUT2D eigenvalue weighted by Gasteiger charge is 2.43. The fourth-order valence-electron chi connectivity index (χ4n) is 4.43. The number of nitrogens with zero attached hydrogens (tertiary/aromatic N) is 3. The fourth-order valence-corrected chi connectivity index (χ4v) is 4.43. The molecular weight excluding hydrogens is 342 g/mol. The number of anilines is 1. The van der Waals surface area contributed by atoms with Crippen molar-refractivity contribution in [1.82, 2.24) is 9.80 Å². The van der Waals surface area contributed by atoms with Gasteiger partial charge in [-0.2, -0.15) is 0 Å². The quantitative estimate of drug-likeness (QED) is 0.814. The molecule has 0 unspecified atom stereocenters. The molecule has 0 N–H and O–H groups in total. The smallest absolute Gasteiger partial charge is 0.253 e. The van der Waals surface area contributed by atoms with Crippen molar-refractivity contribution in [2.75, 3.05) is 50.8 Å². The number of hydrogen-bond acceptors (Lipinski definition) is 4. The van der Waals surface area contributed by atoms with Gasteiger partial charge in [-0.3, -0.25) is 14.5 Å². The Labute approximate surface area is 161 Å². The van der Waals surface area contributed by atoms with Crippen LogP contribution in [-0.2, 0) is 14.3 Å². The summed E-state index contributed by atoms with van der Waals surface area (Å²) in [7, 11) is 0. The SMILES string of the molecule is O=C(CN1CCCCC1)N1CCC2(CC1)CN(c1ccccc1)C(=O)CO2. The lowest BCUT2D eigenvalue weighted by Crippen LogP contribution is -2.60. The first-order valence-corrected chi connectivity index (χ1v) is 10.1. The summed E-state index contributed by atoms with van der Waals surface area (Å²) in [5.41, 5.74) is 0.597. The largest absolute Gasteiger partial charge is 0.363 e. The second kappa shape index (κ2) is 7.98. The molecule has 3 aliphatic heterocycles. The van der Waals surface area contributed by atoms with Crippen molar-refractivity contribution in [3.8, 4) is 0 Å². The Morgan fingerprint density at radius 1 is 1.00 bits per heavy atom. The number of carbonyl (C=O) groups is 2. The lowest BCUT2D eigenvalue weighted by molar-refractivity contribution is -0.151. The molecule has 1 aromatic rings. The Bertz CT molecular complexity index is 665. The lowest BCUT2D eigenvalue weighted by atomic mass is 9.89. The van der Waals surface area contributed by atoms with Crippen LogP contribution >= 0.6 is 0 Å². The van der Waals surface area contributed by atoms with E-state index in [0.717, 1.165) is 31.6 Å². The zero-order valence-corrected chi connectivity index (χ0v) is 15.9. The van der Waals surface area contributed by atoms with Crippen LogP contribution in [0.1, 0.15) is 32.1 Å². The molecule has 0 bridgehead atoms. The third-order valence-electron chi connectivity index (χ3n) is 6.15. The van der Waals surface area contributed by atoms with E-state index < -0.39 is 0 Å². The Kier molecular flexibility index (Phi) is 5.45. The zero-order chi connectivity index (χ0) is 18.7. The number of hydrogen-bond donors (Lipinski definition) is 0. The fraction of sp³-hybridized carbons (Fsp3) is 0.619. The molecule has 27 heavy (non-hydrogen) atoms. The molecule has 3 heterocycles. The van der Waals surface area contributed by atoms with Gasteiger partial charge in [0.15, 0.2) is 0 Å². The number of amides is 2. The summed E-state index contributed by atoms with van der Waals surface area (Å²) in [6.45, 7) is 4.75. The predicted molar refractivity (Wildman–Crippen MR) is 104 cm³/mol. The molecule has 4 rings (SSSR count). The van der Waals surface area contributed by atoms with Gasteiger partial charge in [-0.1, -0.05) is 24.6 Å². The third kappa shape index (κ3) is 4.17. The van der Waals surface area contributed by atoms with Crippen LogP contribution in [0.15, 0.2) is 30.3 Å². The van der Waals surface area contributed by atoms with Gasteiger partial charge in [-0.15, -0.1) is 0 Å². The van der Waals surface area contributed by atoms with E-state index in [1.54, 1.807) is 0 Å². The van der Waals surface area contributed by atoms with Gasteiger partial charge in [-0.05, 0) is 50.9 Å². The Morgan fingerprint density at radius 3 is 2.41 bits per heavy atom. The standard InChI is InChI=1S/C21H29N3O3/c25-19(15-22-11-5-2-6-12-22)23-13-9-21(10-14-23)17-24(20(26)16-27-21)18-7-3-1-4-8-18/h1,3-4,7-8H,2,5-6,9-17H2. The van der Waals surface area contributed by atoms with Crippen molar-refractivity contribution >= 4 is 17.5 Å². The number of ether oxygens (including phenoxy) is 1. The molecule has 3 fully saturated rings. The normalized spacial score (nSPS) is 23.6. The van der Waals surface area contributed by atoms with Gasteiger partial charge in [0.05, 0.1) is 18.7 Å². The number of rotatable bonds is 3. The summed E-state index contributed by atoms with van der Waals surface area (Å²) >= 11 is 0. The highest BCUT2D eigenvalue weighted by molar-refractivity contribution is 5.95. The van der Waals surface area contributed by atoms with E-state index in [0.29, 0.717) is 26.2 Å². The first-order chi connectivity index (χ1) is 13.2. The summed E-state index contributed by atoms with van der Waals surface area (Å²) in [4.78, 5) is 31.1. The van der Waals surface area contributed by atoms with Crippen LogP contribution in [0.4, 0.5) is 5.69 Å². The third-order valence-corrected chi connectivity index (χ3v) is 6.15. The maximum absolute atomic E-state index is 12.7. The molecule has 0 radical (unpaired) electrons. The van der Waals surface area contributed by atoms with Crippen LogP contribution in [0.2, 0.25) is 0 Å². The van der Waals surface area contributed by atoms with Crippen molar-refractivity contribution in [1.29, 1.82) is 0 Å². The number of morpholine rings is 1. The number of benzene rings is 1. The summed E-state index contributed by atoms with van der Waals surface area (Å²) < 4.78 is 6.01. The van der Waals surface area contributed by atoms with Gasteiger partial charge in [-0.25, -0.2) is 0 Å². The molecule has 0 saturated carbocycles. The number of likely N-dealkylation sites (tertiary alicyclic amines) is 2. The number of carbonyl (C=O) groups excluding carboxylic acids is 2. The minimum atomic E-state index is -0.328. The van der Waals surface area contributed by atoms with Crippen LogP contribution in [0.5, 0.6) is 0 Å². The van der Waals surface area contributed by atoms with Crippen LogP contribution in [0.25, 0.3) is 0 Å². The topological polar surface area (TPSA) is 53.1 Å². The number of piperidine rings is 2. The molecule has 1 aromatic carbocycles. The maximum atomic E-state index is 12.7. The van der Waals surface area contributed by atoms with Crippen molar-refractivity contribution < 1.29 is 14.3 Å². The average molecular weight is 371 g/mol. The summed E-state index contributed by atoms with van der Waals surface area (Å²) in [6.07, 6.45) is 5.26. The van der Waals surface area contributed by atoms with E-state index in [1.165, 1.54) is 19.3 Å². The van der Waals surface area contributed by atoms with E-state index in [9.17, 15) is 9.59 Å². The molecule has 6 heteroatoms. The molecule has 0 aliphatic carbocycles. The Balaban J connectivity index is 1.35. The van der Waals surface area contributed by atoms with Gasteiger partial charge in [0, 0.05) is 18.8 Å². The van der Waals surface area contributed by atoms with Gasteiger partial charge >= 0.3 is 0 Å². The van der Waals surface area contributed by atoms with Crippen molar-refractivity contribution in [3.63, 3.8) is 0 Å². The first kappa shape index (κ1) is 18.4. The Morgan fingerprint density at radius 2 is 1.70 bits per heavy atom. The van der Waals surface area contributed by atoms with E-state index in [-0.39, 0.29) is 24.0 Å². The second-order valence-electron chi connectivity index (χ2n) is 8.00. The van der Waals surface area contributed by atoms with E-state index in [2.05, 4.69) is 4.90 Å². The molecule has 3 saturated heterocycles. The van der Waals surface area contributed by atoms with Gasteiger partial charge in [0.25, 0.3) is 5.91 Å². The zero-order valence-electron chi connectivity index (χ0n) is 15.9. The average Bonchev–Trinajstić information content (AvgIpc) is 2.72. The second-order valence-corrected chi connectivity index (χ2v) is 8.00. The molecule has 3 aliphatic rings. The van der Waals surface area contributed by atoms with Crippen LogP contribution in [0.3, 0.4) is 0 Å². The van der Waals surface area contributed by atoms with Crippen LogP contribution in [0, 0.1) is 0 Å².